The van der Waals surface area contributed by atoms with Crippen LogP contribution in [0.2, 0.25) is 10.0 Å². The largest absolute Gasteiger partial charge is 0.462 e. The number of allylic oxidation sites excluding steroid dienone is 1. The van der Waals surface area contributed by atoms with Crippen LogP contribution in [0.25, 0.3) is 0 Å². The van der Waals surface area contributed by atoms with Crippen molar-refractivity contribution < 1.29 is 14.3 Å². The number of aliphatic imine (C=N–C) groups is 1. The van der Waals surface area contributed by atoms with Gasteiger partial charge < -0.3 is 4.74 Å². The number of thioether (sulfide) groups is 1. The van der Waals surface area contributed by atoms with Crippen molar-refractivity contribution in [2.24, 2.45) is 10.9 Å². The van der Waals surface area contributed by atoms with E-state index >= 15 is 0 Å². The van der Waals surface area contributed by atoms with Crippen LogP contribution >= 0.6 is 35.0 Å². The van der Waals surface area contributed by atoms with Crippen molar-refractivity contribution in [3.8, 4) is 0 Å². The highest BCUT2D eigenvalue weighted by molar-refractivity contribution is 8.14. The monoisotopic (exact) mass is 426 g/mol. The summed E-state index contributed by atoms with van der Waals surface area (Å²) in [6, 6.07) is 4.37. The van der Waals surface area contributed by atoms with Gasteiger partial charge in [0.05, 0.1) is 23.9 Å². The molecule has 0 spiro atoms. The average Bonchev–Trinajstić information content (AvgIpc) is 2.59. The fourth-order valence-corrected chi connectivity index (χ4v) is 4.51. The third-order valence-corrected chi connectivity index (χ3v) is 5.75. The fraction of sp³-hybridized carbons (Fsp3) is 0.421. The number of carbonyl (C=O) groups excluding carboxylic acids is 2. The summed E-state index contributed by atoms with van der Waals surface area (Å²) < 4.78 is 5.46. The van der Waals surface area contributed by atoms with Crippen molar-refractivity contribution in [1.29, 1.82) is 0 Å². The molecular weight excluding hydrogens is 407 g/mol. The second-order valence-electron chi connectivity index (χ2n) is 6.82. The van der Waals surface area contributed by atoms with E-state index in [1.165, 1.54) is 11.8 Å². The van der Waals surface area contributed by atoms with Gasteiger partial charge in [-0.25, -0.2) is 9.79 Å². The third kappa shape index (κ3) is 4.18. The maximum Gasteiger partial charge on any atom is 0.338 e. The molecule has 2 aliphatic heterocycles. The summed E-state index contributed by atoms with van der Waals surface area (Å²) in [5.41, 5.74) is 1.49. The second-order valence-corrected chi connectivity index (χ2v) is 8.72. The lowest BCUT2D eigenvalue weighted by atomic mass is 9.94. The molecule has 1 amide bonds. The summed E-state index contributed by atoms with van der Waals surface area (Å²) in [5, 5.41) is 1.46. The molecule has 1 aromatic rings. The van der Waals surface area contributed by atoms with Crippen molar-refractivity contribution in [3.63, 3.8) is 0 Å². The van der Waals surface area contributed by atoms with Gasteiger partial charge in [-0.3, -0.25) is 9.69 Å². The SMILES string of the molecule is CC1=C(C(=O)OCC(C)C)C(c2ccc(Cl)cc2Cl)N2C(=O)CCSC2=N1. The number of fused-ring (bicyclic) bond motifs is 1. The Morgan fingerprint density at radius 3 is 2.81 bits per heavy atom. The quantitative estimate of drug-likeness (QED) is 0.645. The van der Waals surface area contributed by atoms with Crippen molar-refractivity contribution in [2.75, 3.05) is 12.4 Å². The summed E-state index contributed by atoms with van der Waals surface area (Å²) in [6.45, 7) is 5.97. The van der Waals surface area contributed by atoms with Crippen LogP contribution in [0, 0.1) is 5.92 Å². The first kappa shape index (κ1) is 20.2. The number of ether oxygens (including phenoxy) is 1. The minimum absolute atomic E-state index is 0.0924. The Hall–Kier alpha value is -1.50. The molecule has 8 heteroatoms. The molecule has 1 saturated heterocycles. The smallest absolute Gasteiger partial charge is 0.338 e. The van der Waals surface area contributed by atoms with Crippen molar-refractivity contribution >= 4 is 52.0 Å². The summed E-state index contributed by atoms with van der Waals surface area (Å²) in [4.78, 5) is 31.7. The molecule has 2 aliphatic rings. The van der Waals surface area contributed by atoms with E-state index in [2.05, 4.69) is 4.99 Å². The molecule has 1 fully saturated rings. The molecule has 2 heterocycles. The maximum atomic E-state index is 12.9. The number of amidine groups is 1. The van der Waals surface area contributed by atoms with Gasteiger partial charge in [0.15, 0.2) is 5.17 Å². The molecular formula is C19H20Cl2N2O3S. The molecule has 1 unspecified atom stereocenters. The molecule has 1 aromatic carbocycles. The topological polar surface area (TPSA) is 59.0 Å². The number of nitrogens with zero attached hydrogens (tertiary/aromatic N) is 2. The van der Waals surface area contributed by atoms with E-state index in [1.807, 2.05) is 13.8 Å². The standard InChI is InChI=1S/C19H20Cl2N2O3S/c1-10(2)9-26-18(25)16-11(3)22-19-23(15(24)6-7-27-19)17(16)13-5-4-12(20)8-14(13)21/h4-5,8,10,17H,6-7,9H2,1-3H3. The highest BCUT2D eigenvalue weighted by atomic mass is 35.5. The minimum Gasteiger partial charge on any atom is -0.462 e. The van der Waals surface area contributed by atoms with Crippen LogP contribution in [0.3, 0.4) is 0 Å². The number of hydrogen-bond acceptors (Lipinski definition) is 5. The molecule has 3 rings (SSSR count). The summed E-state index contributed by atoms with van der Waals surface area (Å²) >= 11 is 14.0. The Balaban J connectivity index is 2.12. The normalized spacial score (nSPS) is 19.9. The highest BCUT2D eigenvalue weighted by Gasteiger charge is 2.42. The number of halogens is 2. The van der Waals surface area contributed by atoms with E-state index < -0.39 is 12.0 Å². The zero-order valence-electron chi connectivity index (χ0n) is 15.3. The van der Waals surface area contributed by atoms with Crippen LogP contribution in [0.5, 0.6) is 0 Å². The first-order valence-corrected chi connectivity index (χ1v) is 10.4. The summed E-state index contributed by atoms with van der Waals surface area (Å²) in [7, 11) is 0. The molecule has 0 aliphatic carbocycles. The zero-order valence-corrected chi connectivity index (χ0v) is 17.6. The van der Waals surface area contributed by atoms with E-state index in [-0.39, 0.29) is 18.4 Å². The van der Waals surface area contributed by atoms with Crippen LogP contribution in [0.4, 0.5) is 0 Å². The molecule has 0 saturated carbocycles. The van der Waals surface area contributed by atoms with Gasteiger partial charge in [0.2, 0.25) is 5.91 Å². The zero-order chi connectivity index (χ0) is 19.7. The van der Waals surface area contributed by atoms with Gasteiger partial charge in [-0.1, -0.05) is 54.9 Å². The Bertz CT molecular complexity index is 851. The fourth-order valence-electron chi connectivity index (χ4n) is 2.99. The molecule has 0 N–H and O–H groups in total. The van der Waals surface area contributed by atoms with Crippen molar-refractivity contribution in [2.45, 2.75) is 33.2 Å². The van der Waals surface area contributed by atoms with E-state index in [4.69, 9.17) is 27.9 Å². The third-order valence-electron chi connectivity index (χ3n) is 4.23. The van der Waals surface area contributed by atoms with E-state index in [0.29, 0.717) is 44.2 Å². The second kappa shape index (κ2) is 8.25. The molecule has 0 aromatic heterocycles. The van der Waals surface area contributed by atoms with Gasteiger partial charge in [0, 0.05) is 22.2 Å². The van der Waals surface area contributed by atoms with Gasteiger partial charge >= 0.3 is 5.97 Å². The Labute approximate surface area is 172 Å². The predicted molar refractivity (Wildman–Crippen MR) is 109 cm³/mol. The van der Waals surface area contributed by atoms with Crippen molar-refractivity contribution in [1.82, 2.24) is 4.90 Å². The molecule has 144 valence electrons. The van der Waals surface area contributed by atoms with Gasteiger partial charge in [-0.05, 0) is 30.5 Å². The average molecular weight is 427 g/mol. The first-order valence-electron chi connectivity index (χ1n) is 8.66. The Kier molecular flexibility index (Phi) is 6.18. The van der Waals surface area contributed by atoms with Crippen LogP contribution in [0.1, 0.15) is 38.8 Å². The highest BCUT2D eigenvalue weighted by Crippen LogP contribution is 2.42. The molecule has 0 bridgehead atoms. The van der Waals surface area contributed by atoms with Gasteiger partial charge in [0.25, 0.3) is 0 Å². The molecule has 0 radical (unpaired) electrons. The summed E-state index contributed by atoms with van der Waals surface area (Å²) in [6.07, 6.45) is 0.374. The van der Waals surface area contributed by atoms with Gasteiger partial charge in [-0.15, -0.1) is 0 Å². The number of rotatable bonds is 4. The van der Waals surface area contributed by atoms with Crippen molar-refractivity contribution in [3.05, 3.63) is 45.1 Å². The van der Waals surface area contributed by atoms with Gasteiger partial charge in [-0.2, -0.15) is 0 Å². The minimum atomic E-state index is -0.678. The first-order chi connectivity index (χ1) is 12.8. The van der Waals surface area contributed by atoms with Crippen LogP contribution in [-0.4, -0.2) is 34.3 Å². The lowest BCUT2D eigenvalue weighted by Gasteiger charge is -2.39. The van der Waals surface area contributed by atoms with Crippen LogP contribution in [0.15, 0.2) is 34.5 Å². The van der Waals surface area contributed by atoms with E-state index in [0.717, 1.165) is 0 Å². The lowest BCUT2D eigenvalue weighted by molar-refractivity contribution is -0.141. The van der Waals surface area contributed by atoms with E-state index in [9.17, 15) is 9.59 Å². The number of carbonyl (C=O) groups is 2. The Morgan fingerprint density at radius 1 is 1.41 bits per heavy atom. The van der Waals surface area contributed by atoms with E-state index in [1.54, 1.807) is 30.0 Å². The summed E-state index contributed by atoms with van der Waals surface area (Å²) in [5.74, 6) is 0.283. The number of amides is 1. The van der Waals surface area contributed by atoms with Crippen LogP contribution < -0.4 is 0 Å². The van der Waals surface area contributed by atoms with Gasteiger partial charge in [0.1, 0.15) is 0 Å². The number of hydrogen-bond donors (Lipinski definition) is 0. The molecule has 1 atom stereocenters. The van der Waals surface area contributed by atoms with Crippen LogP contribution in [-0.2, 0) is 14.3 Å². The molecule has 27 heavy (non-hydrogen) atoms. The number of esters is 1. The Morgan fingerprint density at radius 2 is 2.15 bits per heavy atom. The lowest BCUT2D eigenvalue weighted by Crippen LogP contribution is -2.46. The predicted octanol–water partition coefficient (Wildman–Crippen LogP) is 4.84. The maximum absolute atomic E-state index is 12.9. The number of benzene rings is 1. The molecule has 5 nitrogen and oxygen atoms in total.